The number of rotatable bonds is 3. The van der Waals surface area contributed by atoms with E-state index in [4.69, 9.17) is 5.73 Å². The topological polar surface area (TPSA) is 76.2 Å². The molecule has 2 fully saturated rings. The highest BCUT2D eigenvalue weighted by Gasteiger charge is 2.40. The molecule has 2 atom stereocenters. The number of carbonyl (C=O) groups is 1. The Morgan fingerprint density at radius 3 is 3.17 bits per heavy atom. The lowest BCUT2D eigenvalue weighted by Gasteiger charge is -2.35. The summed E-state index contributed by atoms with van der Waals surface area (Å²) in [6.07, 6.45) is 4.03. The zero-order valence-corrected chi connectivity index (χ0v) is 10.4. The molecule has 3 rings (SSSR count). The van der Waals surface area contributed by atoms with Crippen molar-refractivity contribution >= 4 is 11.7 Å². The quantitative estimate of drug-likeness (QED) is 0.769. The molecule has 0 spiro atoms. The molecule has 0 radical (unpaired) electrons. The van der Waals surface area contributed by atoms with E-state index >= 15 is 0 Å². The zero-order chi connectivity index (χ0) is 12.5. The smallest absolute Gasteiger partial charge is 0.224 e. The standard InChI is InChI=1S/C12H19N5O/c13-11-3-5-17(15-11)7-6-16-4-1-2-9-10(16)8-14-12(9)18/h3,5,9-10H,1-2,4,6-8H2,(H2,13,15)(H,14,18). The van der Waals surface area contributed by atoms with Gasteiger partial charge in [-0.1, -0.05) is 0 Å². The van der Waals surface area contributed by atoms with Crippen molar-refractivity contribution in [2.45, 2.75) is 25.4 Å². The molecule has 18 heavy (non-hydrogen) atoms. The van der Waals surface area contributed by atoms with Gasteiger partial charge in [0.05, 0.1) is 12.5 Å². The van der Waals surface area contributed by atoms with E-state index in [1.165, 1.54) is 0 Å². The summed E-state index contributed by atoms with van der Waals surface area (Å²) in [6, 6.07) is 2.18. The van der Waals surface area contributed by atoms with Crippen LogP contribution in [0.3, 0.4) is 0 Å². The van der Waals surface area contributed by atoms with E-state index in [1.54, 1.807) is 6.07 Å². The van der Waals surface area contributed by atoms with Crippen molar-refractivity contribution in [3.05, 3.63) is 12.3 Å². The highest BCUT2D eigenvalue weighted by Crippen LogP contribution is 2.26. The SMILES string of the molecule is Nc1ccn(CCN2CCCC3C(=O)NCC32)n1. The first-order valence-corrected chi connectivity index (χ1v) is 6.55. The van der Waals surface area contributed by atoms with E-state index in [9.17, 15) is 4.79 Å². The van der Waals surface area contributed by atoms with Gasteiger partial charge in [-0.25, -0.2) is 0 Å². The summed E-state index contributed by atoms with van der Waals surface area (Å²) in [5.41, 5.74) is 5.59. The molecule has 2 saturated heterocycles. The maximum Gasteiger partial charge on any atom is 0.224 e. The fourth-order valence-electron chi connectivity index (χ4n) is 3.05. The maximum atomic E-state index is 11.7. The van der Waals surface area contributed by atoms with Gasteiger partial charge in [0.25, 0.3) is 0 Å². The number of nitrogens with two attached hydrogens (primary N) is 1. The minimum absolute atomic E-state index is 0.196. The maximum absolute atomic E-state index is 11.7. The van der Waals surface area contributed by atoms with Gasteiger partial charge < -0.3 is 11.1 Å². The number of piperidine rings is 1. The number of fused-ring (bicyclic) bond motifs is 1. The van der Waals surface area contributed by atoms with Crippen LogP contribution in [-0.4, -0.2) is 46.3 Å². The van der Waals surface area contributed by atoms with E-state index < -0.39 is 0 Å². The highest BCUT2D eigenvalue weighted by atomic mass is 16.2. The predicted molar refractivity (Wildman–Crippen MR) is 67.7 cm³/mol. The third-order valence-corrected chi connectivity index (χ3v) is 3.99. The molecule has 2 unspecified atom stereocenters. The fraction of sp³-hybridized carbons (Fsp3) is 0.667. The van der Waals surface area contributed by atoms with Gasteiger partial charge in [-0.05, 0) is 25.5 Å². The lowest BCUT2D eigenvalue weighted by molar-refractivity contribution is -0.124. The summed E-state index contributed by atoms with van der Waals surface area (Å²) in [5, 5.41) is 7.15. The number of carbonyl (C=O) groups excluding carboxylic acids is 1. The second kappa shape index (κ2) is 4.61. The molecule has 2 aliphatic heterocycles. The molecule has 6 nitrogen and oxygen atoms in total. The Morgan fingerprint density at radius 2 is 2.39 bits per heavy atom. The van der Waals surface area contributed by atoms with Gasteiger partial charge in [0.15, 0.2) is 0 Å². The number of hydrogen-bond donors (Lipinski definition) is 2. The van der Waals surface area contributed by atoms with Gasteiger partial charge in [0.2, 0.25) is 5.91 Å². The highest BCUT2D eigenvalue weighted by molar-refractivity contribution is 5.82. The summed E-state index contributed by atoms with van der Waals surface area (Å²) >= 11 is 0. The van der Waals surface area contributed by atoms with E-state index in [1.807, 2.05) is 10.9 Å². The molecule has 2 aliphatic rings. The normalized spacial score (nSPS) is 28.1. The average molecular weight is 249 g/mol. The molecule has 0 saturated carbocycles. The van der Waals surface area contributed by atoms with Crippen LogP contribution in [0.5, 0.6) is 0 Å². The Hall–Kier alpha value is -1.56. The van der Waals surface area contributed by atoms with Crippen molar-refractivity contribution in [2.24, 2.45) is 5.92 Å². The van der Waals surface area contributed by atoms with Crippen LogP contribution in [0.2, 0.25) is 0 Å². The number of amides is 1. The van der Waals surface area contributed by atoms with Crippen molar-refractivity contribution in [2.75, 3.05) is 25.4 Å². The number of hydrogen-bond acceptors (Lipinski definition) is 4. The Labute approximate surface area is 106 Å². The van der Waals surface area contributed by atoms with Crippen LogP contribution in [0.1, 0.15) is 12.8 Å². The molecule has 0 aromatic carbocycles. The van der Waals surface area contributed by atoms with Crippen LogP contribution in [0.25, 0.3) is 0 Å². The minimum atomic E-state index is 0.196. The number of aromatic nitrogens is 2. The summed E-state index contributed by atoms with van der Waals surface area (Å²) in [7, 11) is 0. The average Bonchev–Trinajstić information content (AvgIpc) is 2.94. The van der Waals surface area contributed by atoms with E-state index in [2.05, 4.69) is 15.3 Å². The molecule has 3 N–H and O–H groups in total. The van der Waals surface area contributed by atoms with Gasteiger partial charge in [0.1, 0.15) is 5.82 Å². The third-order valence-electron chi connectivity index (χ3n) is 3.99. The zero-order valence-electron chi connectivity index (χ0n) is 10.4. The van der Waals surface area contributed by atoms with Gasteiger partial charge in [-0.3, -0.25) is 14.4 Å². The van der Waals surface area contributed by atoms with Gasteiger partial charge in [0, 0.05) is 25.3 Å². The van der Waals surface area contributed by atoms with Crippen LogP contribution in [-0.2, 0) is 11.3 Å². The lowest BCUT2D eigenvalue weighted by Crippen LogP contribution is -2.46. The molecule has 0 aliphatic carbocycles. The van der Waals surface area contributed by atoms with Gasteiger partial charge in [-0.15, -0.1) is 0 Å². The molecule has 3 heterocycles. The fourth-order valence-corrected chi connectivity index (χ4v) is 3.05. The molecule has 1 aromatic heterocycles. The van der Waals surface area contributed by atoms with Crippen molar-refractivity contribution in [3.8, 4) is 0 Å². The second-order valence-electron chi connectivity index (χ2n) is 5.10. The molecule has 1 aromatic rings. The largest absolute Gasteiger partial charge is 0.382 e. The lowest BCUT2D eigenvalue weighted by atomic mass is 9.91. The first kappa shape index (κ1) is 11.5. The van der Waals surface area contributed by atoms with Crippen LogP contribution in [0.15, 0.2) is 12.3 Å². The number of likely N-dealkylation sites (tertiary alicyclic amines) is 1. The number of nitrogen functional groups attached to an aromatic ring is 1. The van der Waals surface area contributed by atoms with Gasteiger partial charge in [-0.2, -0.15) is 5.10 Å². The summed E-state index contributed by atoms with van der Waals surface area (Å²) < 4.78 is 1.86. The molecule has 0 bridgehead atoms. The predicted octanol–water partition coefficient (Wildman–Crippen LogP) is -0.324. The van der Waals surface area contributed by atoms with Crippen molar-refractivity contribution in [3.63, 3.8) is 0 Å². The van der Waals surface area contributed by atoms with E-state index in [0.29, 0.717) is 11.9 Å². The van der Waals surface area contributed by atoms with Crippen LogP contribution in [0.4, 0.5) is 5.82 Å². The van der Waals surface area contributed by atoms with Crippen molar-refractivity contribution in [1.29, 1.82) is 0 Å². The first-order chi connectivity index (χ1) is 8.74. The Kier molecular flexibility index (Phi) is 2.95. The Balaban J connectivity index is 1.60. The number of nitrogens with zero attached hydrogens (tertiary/aromatic N) is 3. The number of anilines is 1. The Morgan fingerprint density at radius 1 is 1.50 bits per heavy atom. The first-order valence-electron chi connectivity index (χ1n) is 6.55. The molecule has 1 amide bonds. The summed E-state index contributed by atoms with van der Waals surface area (Å²) in [4.78, 5) is 14.1. The Bertz CT molecular complexity index is 443. The van der Waals surface area contributed by atoms with E-state index in [-0.39, 0.29) is 11.8 Å². The minimum Gasteiger partial charge on any atom is -0.382 e. The second-order valence-corrected chi connectivity index (χ2v) is 5.10. The van der Waals surface area contributed by atoms with Crippen molar-refractivity contribution in [1.82, 2.24) is 20.0 Å². The summed E-state index contributed by atoms with van der Waals surface area (Å²) in [6.45, 7) is 3.63. The van der Waals surface area contributed by atoms with E-state index in [0.717, 1.165) is 39.0 Å². The molecule has 98 valence electrons. The third kappa shape index (κ3) is 2.08. The summed E-state index contributed by atoms with van der Waals surface area (Å²) in [5.74, 6) is 0.985. The van der Waals surface area contributed by atoms with Crippen LogP contribution < -0.4 is 11.1 Å². The molecule has 6 heteroatoms. The van der Waals surface area contributed by atoms with Crippen LogP contribution >= 0.6 is 0 Å². The molecular weight excluding hydrogens is 230 g/mol. The van der Waals surface area contributed by atoms with Crippen molar-refractivity contribution < 1.29 is 4.79 Å². The van der Waals surface area contributed by atoms with Crippen LogP contribution in [0, 0.1) is 5.92 Å². The molecular formula is C12H19N5O. The van der Waals surface area contributed by atoms with Gasteiger partial charge >= 0.3 is 0 Å². The number of nitrogens with one attached hydrogen (secondary N) is 1. The monoisotopic (exact) mass is 249 g/mol.